The maximum Gasteiger partial charge on any atom is 0.416 e. The Labute approximate surface area is 182 Å². The molecule has 2 bridgehead atoms. The summed E-state index contributed by atoms with van der Waals surface area (Å²) in [5, 5.41) is 6.98. The number of carbonyl (C=O) groups excluding carboxylic acids is 1. The molecule has 4 atom stereocenters. The summed E-state index contributed by atoms with van der Waals surface area (Å²) in [4.78, 5) is 21.8. The minimum Gasteiger partial charge on any atom is -0.349 e. The number of alkyl halides is 3. The molecular weight excluding hydrogens is 423 g/mol. The lowest BCUT2D eigenvalue weighted by molar-refractivity contribution is -0.137. The highest BCUT2D eigenvalue weighted by Crippen LogP contribution is 2.56. The molecule has 2 fully saturated rings. The van der Waals surface area contributed by atoms with Crippen LogP contribution in [-0.4, -0.2) is 25.6 Å². The molecule has 2 aromatic heterocycles. The lowest BCUT2D eigenvalue weighted by Gasteiger charge is -2.27. The Morgan fingerprint density at radius 3 is 2.66 bits per heavy atom. The normalized spacial score (nSPS) is 24.8. The minimum atomic E-state index is -4.40. The molecule has 0 spiro atoms. The molecule has 10 heteroatoms. The number of halogens is 3. The van der Waals surface area contributed by atoms with Gasteiger partial charge in [0, 0.05) is 25.0 Å². The van der Waals surface area contributed by atoms with Gasteiger partial charge < -0.3 is 14.4 Å². The van der Waals surface area contributed by atoms with E-state index in [1.807, 2.05) is 17.8 Å². The lowest BCUT2D eigenvalue weighted by Crippen LogP contribution is -2.37. The van der Waals surface area contributed by atoms with E-state index < -0.39 is 11.7 Å². The van der Waals surface area contributed by atoms with Gasteiger partial charge in [-0.1, -0.05) is 17.3 Å². The predicted octanol–water partition coefficient (Wildman–Crippen LogP) is 3.94. The summed E-state index contributed by atoms with van der Waals surface area (Å²) in [5.74, 6) is 1.39. The zero-order chi connectivity index (χ0) is 22.5. The fourth-order valence-electron chi connectivity index (χ4n) is 5.17. The number of hydrogen-bond acceptors (Lipinski definition) is 5. The first kappa shape index (κ1) is 20.7. The van der Waals surface area contributed by atoms with Crippen molar-refractivity contribution < 1.29 is 22.5 Å². The number of aryl methyl sites for hydroxylation is 1. The predicted molar refractivity (Wildman–Crippen MR) is 107 cm³/mol. The third-order valence-electron chi connectivity index (χ3n) is 6.76. The third-order valence-corrected chi connectivity index (χ3v) is 6.76. The maximum atomic E-state index is 13.1. The van der Waals surface area contributed by atoms with Crippen molar-refractivity contribution in [2.24, 2.45) is 24.8 Å². The summed E-state index contributed by atoms with van der Waals surface area (Å²) in [5.41, 5.74) is -0.297. The second kappa shape index (κ2) is 7.75. The van der Waals surface area contributed by atoms with Crippen LogP contribution < -0.4 is 5.32 Å². The summed E-state index contributed by atoms with van der Waals surface area (Å²) in [6.45, 7) is 0.337. The summed E-state index contributed by atoms with van der Waals surface area (Å²) in [6.07, 6.45) is 2.02. The van der Waals surface area contributed by atoms with Crippen molar-refractivity contribution in [1.29, 1.82) is 0 Å². The van der Waals surface area contributed by atoms with Crippen LogP contribution in [0.1, 0.15) is 42.5 Å². The second-order valence-corrected chi connectivity index (χ2v) is 8.59. The van der Waals surface area contributed by atoms with Crippen molar-refractivity contribution in [2.75, 3.05) is 0 Å². The van der Waals surface area contributed by atoms with E-state index in [1.54, 1.807) is 6.20 Å². The van der Waals surface area contributed by atoms with E-state index in [4.69, 9.17) is 4.52 Å². The number of imidazole rings is 1. The first-order valence-electron chi connectivity index (χ1n) is 10.6. The van der Waals surface area contributed by atoms with Crippen LogP contribution in [0.3, 0.4) is 0 Å². The van der Waals surface area contributed by atoms with Crippen molar-refractivity contribution in [3.05, 3.63) is 53.9 Å². The molecule has 0 unspecified atom stereocenters. The van der Waals surface area contributed by atoms with E-state index in [0.29, 0.717) is 18.0 Å². The van der Waals surface area contributed by atoms with E-state index in [9.17, 15) is 18.0 Å². The van der Waals surface area contributed by atoms with Gasteiger partial charge >= 0.3 is 6.18 Å². The Kier molecular flexibility index (Phi) is 5.02. The van der Waals surface area contributed by atoms with Crippen molar-refractivity contribution in [1.82, 2.24) is 25.0 Å². The average Bonchev–Trinajstić information content (AvgIpc) is 3.55. The molecule has 1 N–H and O–H groups in total. The molecule has 0 radical (unpaired) electrons. The van der Waals surface area contributed by atoms with Crippen LogP contribution in [0.5, 0.6) is 0 Å². The summed E-state index contributed by atoms with van der Waals surface area (Å²) in [6, 6.07) is 4.65. The molecule has 0 aliphatic heterocycles. The zero-order valence-electron chi connectivity index (χ0n) is 17.3. The van der Waals surface area contributed by atoms with E-state index in [-0.39, 0.29) is 35.4 Å². The van der Waals surface area contributed by atoms with Crippen LogP contribution in [0.25, 0.3) is 11.4 Å². The van der Waals surface area contributed by atoms with Crippen LogP contribution in [0.2, 0.25) is 0 Å². The Balaban J connectivity index is 1.35. The Morgan fingerprint density at radius 2 is 1.97 bits per heavy atom. The molecule has 5 rings (SSSR count). The summed E-state index contributed by atoms with van der Waals surface area (Å²) >= 11 is 0. The monoisotopic (exact) mass is 445 g/mol. The minimum absolute atomic E-state index is 0.0560. The number of fused-ring (bicyclic) bond motifs is 2. The van der Waals surface area contributed by atoms with Gasteiger partial charge in [0.05, 0.1) is 23.9 Å². The molecule has 7 nitrogen and oxygen atoms in total. The maximum absolute atomic E-state index is 13.1. The molecule has 32 heavy (non-hydrogen) atoms. The number of carbonyl (C=O) groups is 1. The molecular formula is C22H22F3N5O2. The number of amides is 1. The van der Waals surface area contributed by atoms with Crippen molar-refractivity contribution >= 4 is 5.91 Å². The SMILES string of the molecule is Cn1ccnc1CNC(=O)[C@H]1[C@H]2CC[C@H](C2)[C@@H]1c1nc(-c2ccc(C(F)(F)F)cc2)no1. The fraction of sp³-hybridized carbons (Fsp3) is 0.455. The molecule has 2 aliphatic rings. The molecule has 2 saturated carbocycles. The van der Waals surface area contributed by atoms with E-state index in [2.05, 4.69) is 20.4 Å². The van der Waals surface area contributed by atoms with Gasteiger partial charge in [0.1, 0.15) is 5.82 Å². The van der Waals surface area contributed by atoms with Crippen LogP contribution in [-0.2, 0) is 24.6 Å². The smallest absolute Gasteiger partial charge is 0.349 e. The molecule has 2 aliphatic carbocycles. The van der Waals surface area contributed by atoms with Gasteiger partial charge in [-0.05, 0) is 43.2 Å². The molecule has 1 amide bonds. The van der Waals surface area contributed by atoms with Crippen molar-refractivity contribution in [2.45, 2.75) is 37.9 Å². The van der Waals surface area contributed by atoms with Gasteiger partial charge in [-0.15, -0.1) is 0 Å². The molecule has 168 valence electrons. The fourth-order valence-corrected chi connectivity index (χ4v) is 5.17. The van der Waals surface area contributed by atoms with Crippen LogP contribution >= 0.6 is 0 Å². The zero-order valence-corrected chi connectivity index (χ0v) is 17.3. The third kappa shape index (κ3) is 3.67. The molecule has 2 heterocycles. The summed E-state index contributed by atoms with van der Waals surface area (Å²) in [7, 11) is 1.87. The van der Waals surface area contributed by atoms with Crippen LogP contribution in [0.15, 0.2) is 41.2 Å². The first-order chi connectivity index (χ1) is 15.3. The topological polar surface area (TPSA) is 85.8 Å². The highest BCUT2D eigenvalue weighted by Gasteiger charge is 2.53. The number of aromatic nitrogens is 4. The average molecular weight is 445 g/mol. The van der Waals surface area contributed by atoms with E-state index in [0.717, 1.165) is 37.2 Å². The largest absolute Gasteiger partial charge is 0.416 e. The second-order valence-electron chi connectivity index (χ2n) is 8.59. The van der Waals surface area contributed by atoms with E-state index in [1.165, 1.54) is 12.1 Å². The molecule has 1 aromatic carbocycles. The molecule has 0 saturated heterocycles. The van der Waals surface area contributed by atoms with Gasteiger partial charge in [-0.25, -0.2) is 4.98 Å². The van der Waals surface area contributed by atoms with Gasteiger partial charge in [0.15, 0.2) is 0 Å². The van der Waals surface area contributed by atoms with Gasteiger partial charge in [-0.3, -0.25) is 4.79 Å². The summed E-state index contributed by atoms with van der Waals surface area (Å²) < 4.78 is 45.8. The Morgan fingerprint density at radius 1 is 1.22 bits per heavy atom. The van der Waals surface area contributed by atoms with Crippen molar-refractivity contribution in [3.63, 3.8) is 0 Å². The highest BCUT2D eigenvalue weighted by atomic mass is 19.4. The highest BCUT2D eigenvalue weighted by molar-refractivity contribution is 5.80. The number of rotatable bonds is 5. The van der Waals surface area contributed by atoms with Crippen LogP contribution in [0, 0.1) is 17.8 Å². The number of hydrogen-bond donors (Lipinski definition) is 1. The number of nitrogens with one attached hydrogen (secondary N) is 1. The first-order valence-corrected chi connectivity index (χ1v) is 10.6. The Hall–Kier alpha value is -3.17. The quantitative estimate of drug-likeness (QED) is 0.643. The molecule has 3 aromatic rings. The van der Waals surface area contributed by atoms with E-state index >= 15 is 0 Å². The van der Waals surface area contributed by atoms with Gasteiger partial charge in [0.2, 0.25) is 17.6 Å². The van der Waals surface area contributed by atoms with Crippen LogP contribution in [0.4, 0.5) is 13.2 Å². The lowest BCUT2D eigenvalue weighted by atomic mass is 9.78. The Bertz CT molecular complexity index is 1120. The van der Waals surface area contributed by atoms with Gasteiger partial charge in [-0.2, -0.15) is 18.2 Å². The van der Waals surface area contributed by atoms with Gasteiger partial charge in [0.25, 0.3) is 0 Å². The standard InChI is InChI=1S/C22H22F3N5O2/c1-30-9-8-26-16(30)11-27-20(31)17-13-2-3-14(10-13)18(17)21-28-19(29-32-21)12-4-6-15(7-5-12)22(23,24)25/h4-9,13-14,17-18H,2-3,10-11H2,1H3,(H,27,31)/t13-,14+,17-,18-/m0/s1. The number of nitrogens with zero attached hydrogens (tertiary/aromatic N) is 4. The van der Waals surface area contributed by atoms with Crippen molar-refractivity contribution in [3.8, 4) is 11.4 Å². The number of benzene rings is 1.